The van der Waals surface area contributed by atoms with Crippen molar-refractivity contribution in [2.24, 2.45) is 0 Å². The molecule has 0 unspecified atom stereocenters. The average Bonchev–Trinajstić information content (AvgIpc) is 3.22. The van der Waals surface area contributed by atoms with Gasteiger partial charge in [0.1, 0.15) is 23.9 Å². The van der Waals surface area contributed by atoms with Crippen LogP contribution in [0.4, 0.5) is 0 Å². The van der Waals surface area contributed by atoms with Gasteiger partial charge in [0.25, 0.3) is 0 Å². The molecule has 108 valence electrons. The van der Waals surface area contributed by atoms with Crippen LogP contribution in [0.15, 0.2) is 65.6 Å². The van der Waals surface area contributed by atoms with E-state index in [0.29, 0.717) is 5.89 Å². The normalized spacial score (nSPS) is 10.9. The van der Waals surface area contributed by atoms with Crippen molar-refractivity contribution >= 4 is 11.1 Å². The van der Waals surface area contributed by atoms with E-state index in [1.807, 2.05) is 48.5 Å². The van der Waals surface area contributed by atoms with E-state index in [9.17, 15) is 0 Å². The molecule has 0 saturated carbocycles. The largest absolute Gasteiger partial charge is 0.484 e. The second kappa shape index (κ2) is 5.33. The number of nitrogens with zero attached hydrogens (tertiary/aromatic N) is 4. The molecule has 4 aromatic rings. The molecule has 0 aliphatic carbocycles. The lowest BCUT2D eigenvalue weighted by atomic mass is 10.3. The van der Waals surface area contributed by atoms with Crippen LogP contribution >= 0.6 is 0 Å². The van der Waals surface area contributed by atoms with Crippen LogP contribution in [0.3, 0.4) is 0 Å². The van der Waals surface area contributed by atoms with Crippen molar-refractivity contribution in [1.29, 1.82) is 0 Å². The van der Waals surface area contributed by atoms with Gasteiger partial charge in [-0.05, 0) is 36.4 Å². The third kappa shape index (κ3) is 2.42. The van der Waals surface area contributed by atoms with Gasteiger partial charge in [0.2, 0.25) is 5.89 Å². The fraction of sp³-hybridized carbons (Fsp3) is 0.0625. The molecule has 0 amide bonds. The Morgan fingerprint density at radius 2 is 1.91 bits per heavy atom. The van der Waals surface area contributed by atoms with E-state index < -0.39 is 0 Å². The van der Waals surface area contributed by atoms with Gasteiger partial charge in [0, 0.05) is 0 Å². The minimum atomic E-state index is 0.289. The van der Waals surface area contributed by atoms with E-state index in [-0.39, 0.29) is 6.61 Å². The Labute approximate surface area is 126 Å². The van der Waals surface area contributed by atoms with E-state index in [0.717, 1.165) is 22.5 Å². The van der Waals surface area contributed by atoms with Crippen LogP contribution in [0.5, 0.6) is 5.75 Å². The molecule has 6 nitrogen and oxygen atoms in total. The summed E-state index contributed by atoms with van der Waals surface area (Å²) in [5.74, 6) is 1.30. The Balaban J connectivity index is 1.47. The van der Waals surface area contributed by atoms with Gasteiger partial charge in [-0.15, -0.1) is 0 Å². The summed E-state index contributed by atoms with van der Waals surface area (Å²) in [6.07, 6.45) is 3.14. The molecule has 0 aliphatic heterocycles. The van der Waals surface area contributed by atoms with Gasteiger partial charge < -0.3 is 9.15 Å². The molecule has 0 aliphatic rings. The number of aromatic nitrogens is 4. The zero-order valence-corrected chi connectivity index (χ0v) is 11.6. The monoisotopic (exact) mass is 292 g/mol. The highest BCUT2D eigenvalue weighted by molar-refractivity contribution is 5.72. The second-order valence-corrected chi connectivity index (χ2v) is 4.70. The quantitative estimate of drug-likeness (QED) is 0.578. The first kappa shape index (κ1) is 12.6. The zero-order valence-electron chi connectivity index (χ0n) is 11.6. The fourth-order valence-corrected chi connectivity index (χ4v) is 2.16. The maximum Gasteiger partial charge on any atom is 0.233 e. The van der Waals surface area contributed by atoms with Crippen molar-refractivity contribution in [3.05, 3.63) is 67.1 Å². The lowest BCUT2D eigenvalue weighted by Gasteiger charge is -2.05. The predicted molar refractivity (Wildman–Crippen MR) is 79.7 cm³/mol. The lowest BCUT2D eigenvalue weighted by molar-refractivity contribution is 0.267. The molecule has 6 heteroatoms. The van der Waals surface area contributed by atoms with Gasteiger partial charge >= 0.3 is 0 Å². The molecule has 22 heavy (non-hydrogen) atoms. The predicted octanol–water partition coefficient (Wildman–Crippen LogP) is 2.99. The van der Waals surface area contributed by atoms with Gasteiger partial charge in [0.15, 0.2) is 12.2 Å². The van der Waals surface area contributed by atoms with Crippen molar-refractivity contribution in [1.82, 2.24) is 19.7 Å². The van der Waals surface area contributed by atoms with Crippen molar-refractivity contribution in [3.63, 3.8) is 0 Å². The SMILES string of the molecule is c1ccc2oc(COc3ccc(-n4cncn4)cc3)nc2c1. The molecule has 2 aromatic carbocycles. The molecule has 2 aromatic heterocycles. The summed E-state index contributed by atoms with van der Waals surface area (Å²) in [4.78, 5) is 8.29. The van der Waals surface area contributed by atoms with Crippen LogP contribution in [0.25, 0.3) is 16.8 Å². The van der Waals surface area contributed by atoms with E-state index in [1.54, 1.807) is 11.0 Å². The fourth-order valence-electron chi connectivity index (χ4n) is 2.16. The van der Waals surface area contributed by atoms with Crippen molar-refractivity contribution in [2.75, 3.05) is 0 Å². The lowest BCUT2D eigenvalue weighted by Crippen LogP contribution is -1.97. The summed E-state index contributed by atoms with van der Waals surface area (Å²) in [5.41, 5.74) is 2.52. The number of ether oxygens (including phenoxy) is 1. The van der Waals surface area contributed by atoms with E-state index in [4.69, 9.17) is 9.15 Å². The molecule has 0 atom stereocenters. The molecule has 0 radical (unpaired) electrons. The maximum absolute atomic E-state index is 5.69. The van der Waals surface area contributed by atoms with Crippen LogP contribution in [-0.4, -0.2) is 19.7 Å². The summed E-state index contributed by atoms with van der Waals surface area (Å²) >= 11 is 0. The third-order valence-electron chi connectivity index (χ3n) is 3.22. The molecular weight excluding hydrogens is 280 g/mol. The smallest absolute Gasteiger partial charge is 0.233 e. The number of para-hydroxylation sites is 2. The molecule has 0 saturated heterocycles. The zero-order chi connectivity index (χ0) is 14.8. The Morgan fingerprint density at radius 3 is 2.68 bits per heavy atom. The van der Waals surface area contributed by atoms with E-state index >= 15 is 0 Å². The van der Waals surface area contributed by atoms with Gasteiger partial charge in [-0.2, -0.15) is 5.10 Å². The molecule has 0 spiro atoms. The Morgan fingerprint density at radius 1 is 1.05 bits per heavy atom. The number of benzene rings is 2. The highest BCUT2D eigenvalue weighted by atomic mass is 16.5. The first-order valence-corrected chi connectivity index (χ1v) is 6.81. The van der Waals surface area contributed by atoms with Crippen LogP contribution < -0.4 is 4.74 Å². The standard InChI is InChI=1S/C16H12N4O2/c1-2-4-15-14(3-1)19-16(22-15)9-21-13-7-5-12(6-8-13)20-11-17-10-18-20/h1-8,10-11H,9H2. The number of rotatable bonds is 4. The van der Waals surface area contributed by atoms with Crippen LogP contribution in [0.1, 0.15) is 5.89 Å². The highest BCUT2D eigenvalue weighted by Crippen LogP contribution is 2.18. The molecule has 0 N–H and O–H groups in total. The average molecular weight is 292 g/mol. The molecular formula is C16H12N4O2. The minimum Gasteiger partial charge on any atom is -0.484 e. The van der Waals surface area contributed by atoms with Crippen LogP contribution in [0.2, 0.25) is 0 Å². The first-order valence-electron chi connectivity index (χ1n) is 6.81. The highest BCUT2D eigenvalue weighted by Gasteiger charge is 2.06. The number of hydrogen-bond acceptors (Lipinski definition) is 5. The van der Waals surface area contributed by atoms with Crippen molar-refractivity contribution in [2.45, 2.75) is 6.61 Å². The summed E-state index contributed by atoms with van der Waals surface area (Å²) in [7, 11) is 0. The van der Waals surface area contributed by atoms with Gasteiger partial charge in [-0.3, -0.25) is 0 Å². The van der Waals surface area contributed by atoms with E-state index in [2.05, 4.69) is 15.1 Å². The summed E-state index contributed by atoms with van der Waals surface area (Å²) in [6, 6.07) is 15.2. The minimum absolute atomic E-state index is 0.289. The van der Waals surface area contributed by atoms with Gasteiger partial charge in [-0.1, -0.05) is 12.1 Å². The Hall–Kier alpha value is -3.15. The summed E-state index contributed by atoms with van der Waals surface area (Å²) in [5, 5.41) is 4.07. The third-order valence-corrected chi connectivity index (χ3v) is 3.22. The molecule has 4 rings (SSSR count). The summed E-state index contributed by atoms with van der Waals surface area (Å²) in [6.45, 7) is 0.289. The second-order valence-electron chi connectivity index (χ2n) is 4.70. The number of oxazole rings is 1. The molecule has 0 fully saturated rings. The first-order chi connectivity index (χ1) is 10.9. The van der Waals surface area contributed by atoms with Crippen molar-refractivity contribution < 1.29 is 9.15 Å². The van der Waals surface area contributed by atoms with E-state index in [1.165, 1.54) is 6.33 Å². The topological polar surface area (TPSA) is 66.0 Å². The summed E-state index contributed by atoms with van der Waals surface area (Å²) < 4.78 is 13.0. The van der Waals surface area contributed by atoms with Crippen LogP contribution in [0, 0.1) is 0 Å². The molecule has 0 bridgehead atoms. The van der Waals surface area contributed by atoms with Gasteiger partial charge in [-0.25, -0.2) is 14.6 Å². The maximum atomic E-state index is 5.69. The molecule has 2 heterocycles. The Kier molecular flexibility index (Phi) is 3.05. The number of fused-ring (bicyclic) bond motifs is 1. The van der Waals surface area contributed by atoms with Crippen molar-refractivity contribution in [3.8, 4) is 11.4 Å². The Bertz CT molecular complexity index is 849. The van der Waals surface area contributed by atoms with Crippen LogP contribution in [-0.2, 0) is 6.61 Å². The number of hydrogen-bond donors (Lipinski definition) is 0. The van der Waals surface area contributed by atoms with Gasteiger partial charge in [0.05, 0.1) is 5.69 Å².